The lowest BCUT2D eigenvalue weighted by Gasteiger charge is -2.16. The van der Waals surface area contributed by atoms with Crippen LogP contribution in [0.25, 0.3) is 0 Å². The van der Waals surface area contributed by atoms with E-state index in [4.69, 9.17) is 4.74 Å². The highest BCUT2D eigenvalue weighted by Crippen LogP contribution is 2.33. The Hall–Kier alpha value is -1.58. The molecule has 4 nitrogen and oxygen atoms in total. The molecular weight excluding hydrogens is 208 g/mol. The van der Waals surface area contributed by atoms with Crippen LogP contribution < -0.4 is 0 Å². The van der Waals surface area contributed by atoms with E-state index in [0.29, 0.717) is 5.76 Å². The molecular formula is C12H16O4. The molecule has 0 aromatic rings. The first-order valence-corrected chi connectivity index (χ1v) is 5.13. The smallest absolute Gasteiger partial charge is 0.306 e. The van der Waals surface area contributed by atoms with Crippen LogP contribution in [0.2, 0.25) is 0 Å². The number of carbonyl (C=O) groups is 2. The van der Waals surface area contributed by atoms with Gasteiger partial charge in [-0.3, -0.25) is 9.59 Å². The Balaban J connectivity index is 2.84. The molecule has 1 aliphatic rings. The molecule has 0 saturated carbocycles. The molecule has 0 radical (unpaired) electrons. The van der Waals surface area contributed by atoms with E-state index in [1.807, 2.05) is 19.1 Å². The number of hydrogen-bond donors (Lipinski definition) is 0. The van der Waals surface area contributed by atoms with Crippen molar-refractivity contribution >= 4 is 11.8 Å². The van der Waals surface area contributed by atoms with Crippen molar-refractivity contribution in [3.63, 3.8) is 0 Å². The Bertz CT molecular complexity index is 341. The topological polar surface area (TPSA) is 52.6 Å². The number of ketones is 1. The molecule has 0 aliphatic heterocycles. The summed E-state index contributed by atoms with van der Waals surface area (Å²) in [5.74, 6) is -0.388. The molecule has 16 heavy (non-hydrogen) atoms. The molecule has 0 bridgehead atoms. The van der Waals surface area contributed by atoms with Gasteiger partial charge in [0.05, 0.1) is 20.6 Å². The summed E-state index contributed by atoms with van der Waals surface area (Å²) in [6, 6.07) is 0. The van der Waals surface area contributed by atoms with Crippen molar-refractivity contribution in [2.45, 2.75) is 13.3 Å². The molecule has 0 aromatic carbocycles. The van der Waals surface area contributed by atoms with Gasteiger partial charge >= 0.3 is 5.97 Å². The lowest BCUT2D eigenvalue weighted by Crippen LogP contribution is -2.20. The zero-order valence-electron chi connectivity index (χ0n) is 9.73. The van der Waals surface area contributed by atoms with Crippen molar-refractivity contribution in [2.75, 3.05) is 14.2 Å². The molecule has 1 rings (SSSR count). The number of hydrogen-bond acceptors (Lipinski definition) is 4. The van der Waals surface area contributed by atoms with E-state index in [1.165, 1.54) is 20.3 Å². The van der Waals surface area contributed by atoms with Gasteiger partial charge in [-0.2, -0.15) is 0 Å². The Kier molecular flexibility index (Phi) is 4.28. The number of methoxy groups -OCH3 is 2. The molecule has 2 atom stereocenters. The van der Waals surface area contributed by atoms with Crippen LogP contribution in [0.4, 0.5) is 0 Å². The maximum absolute atomic E-state index is 11.7. The van der Waals surface area contributed by atoms with Gasteiger partial charge in [-0.15, -0.1) is 0 Å². The SMILES string of the molecule is C/C=C\[C@H]1C(OC)=CC(=O)[C@@H]1CC(=O)OC. The lowest BCUT2D eigenvalue weighted by atomic mass is 9.90. The fourth-order valence-electron chi connectivity index (χ4n) is 1.84. The van der Waals surface area contributed by atoms with Gasteiger partial charge in [-0.1, -0.05) is 12.2 Å². The summed E-state index contributed by atoms with van der Waals surface area (Å²) in [6.07, 6.45) is 5.26. The van der Waals surface area contributed by atoms with E-state index in [0.717, 1.165) is 0 Å². The van der Waals surface area contributed by atoms with Crippen molar-refractivity contribution in [1.82, 2.24) is 0 Å². The van der Waals surface area contributed by atoms with Gasteiger partial charge in [0.25, 0.3) is 0 Å². The molecule has 4 heteroatoms. The summed E-state index contributed by atoms with van der Waals surface area (Å²) in [7, 11) is 2.84. The van der Waals surface area contributed by atoms with E-state index in [-0.39, 0.29) is 24.1 Å². The second-order valence-corrected chi connectivity index (χ2v) is 3.59. The number of esters is 1. The maximum atomic E-state index is 11.7. The van der Waals surface area contributed by atoms with E-state index < -0.39 is 5.92 Å². The molecule has 0 aromatic heterocycles. The molecule has 0 amide bonds. The van der Waals surface area contributed by atoms with Gasteiger partial charge in [0.2, 0.25) is 0 Å². The lowest BCUT2D eigenvalue weighted by molar-refractivity contribution is -0.143. The third kappa shape index (κ3) is 2.51. The highest BCUT2D eigenvalue weighted by Gasteiger charge is 2.37. The van der Waals surface area contributed by atoms with Crippen LogP contribution in [0.3, 0.4) is 0 Å². The van der Waals surface area contributed by atoms with Crippen LogP contribution in [0.5, 0.6) is 0 Å². The molecule has 0 unspecified atom stereocenters. The van der Waals surface area contributed by atoms with E-state index in [1.54, 1.807) is 0 Å². The predicted octanol–water partition coefficient (Wildman–Crippen LogP) is 1.47. The summed E-state index contributed by atoms with van der Waals surface area (Å²) >= 11 is 0. The average Bonchev–Trinajstić information content (AvgIpc) is 2.57. The first-order valence-electron chi connectivity index (χ1n) is 5.13. The van der Waals surface area contributed by atoms with Gasteiger partial charge in [-0.25, -0.2) is 0 Å². The van der Waals surface area contributed by atoms with Gasteiger partial charge in [0.15, 0.2) is 5.78 Å². The number of carbonyl (C=O) groups excluding carboxylic acids is 2. The summed E-state index contributed by atoms with van der Waals surface area (Å²) in [5.41, 5.74) is 0. The fraction of sp³-hybridized carbons (Fsp3) is 0.500. The zero-order valence-corrected chi connectivity index (χ0v) is 9.73. The van der Waals surface area contributed by atoms with Crippen LogP contribution in [-0.2, 0) is 19.1 Å². The van der Waals surface area contributed by atoms with Gasteiger partial charge in [0.1, 0.15) is 5.76 Å². The summed E-state index contributed by atoms with van der Waals surface area (Å²) < 4.78 is 9.71. The number of allylic oxidation sites excluding steroid dienone is 3. The van der Waals surface area contributed by atoms with Gasteiger partial charge in [-0.05, 0) is 6.92 Å². The first-order chi connectivity index (χ1) is 7.63. The molecule has 0 saturated heterocycles. The monoisotopic (exact) mass is 224 g/mol. The molecule has 88 valence electrons. The van der Waals surface area contributed by atoms with Crippen LogP contribution >= 0.6 is 0 Å². The predicted molar refractivity (Wildman–Crippen MR) is 58.5 cm³/mol. The molecule has 0 spiro atoms. The third-order valence-electron chi connectivity index (χ3n) is 2.66. The van der Waals surface area contributed by atoms with Crippen LogP contribution in [0.15, 0.2) is 24.0 Å². The minimum atomic E-state index is -0.390. The van der Waals surface area contributed by atoms with Crippen LogP contribution in [-0.4, -0.2) is 26.0 Å². The minimum absolute atomic E-state index is 0.0784. The van der Waals surface area contributed by atoms with Crippen molar-refractivity contribution in [3.05, 3.63) is 24.0 Å². The number of rotatable bonds is 4. The quantitative estimate of drug-likeness (QED) is 0.536. The zero-order chi connectivity index (χ0) is 12.1. The average molecular weight is 224 g/mol. The van der Waals surface area contributed by atoms with E-state index in [2.05, 4.69) is 4.74 Å². The van der Waals surface area contributed by atoms with E-state index in [9.17, 15) is 9.59 Å². The normalized spacial score (nSPS) is 24.7. The maximum Gasteiger partial charge on any atom is 0.306 e. The van der Waals surface area contributed by atoms with E-state index >= 15 is 0 Å². The Labute approximate surface area is 94.9 Å². The molecule has 0 fully saturated rings. The standard InChI is InChI=1S/C12H16O4/c1-4-5-8-9(6-12(14)16-3)10(13)7-11(8)15-2/h4-5,7-9H,6H2,1-3H3/b5-4-/t8-,9-/m1/s1. The van der Waals surface area contributed by atoms with Crippen molar-refractivity contribution < 1.29 is 19.1 Å². The van der Waals surface area contributed by atoms with Crippen molar-refractivity contribution in [2.24, 2.45) is 11.8 Å². The highest BCUT2D eigenvalue weighted by molar-refractivity contribution is 5.97. The molecule has 0 N–H and O–H groups in total. The Morgan fingerprint density at radius 1 is 1.50 bits per heavy atom. The number of ether oxygens (including phenoxy) is 2. The second-order valence-electron chi connectivity index (χ2n) is 3.59. The van der Waals surface area contributed by atoms with Gasteiger partial charge < -0.3 is 9.47 Å². The first kappa shape index (κ1) is 12.5. The second kappa shape index (κ2) is 5.49. The van der Waals surface area contributed by atoms with Crippen LogP contribution in [0.1, 0.15) is 13.3 Å². The molecule has 1 aliphatic carbocycles. The molecule has 0 heterocycles. The largest absolute Gasteiger partial charge is 0.500 e. The van der Waals surface area contributed by atoms with Crippen LogP contribution in [0, 0.1) is 11.8 Å². The van der Waals surface area contributed by atoms with Gasteiger partial charge in [0, 0.05) is 17.9 Å². The summed E-state index contributed by atoms with van der Waals surface area (Å²) in [4.78, 5) is 22.9. The highest BCUT2D eigenvalue weighted by atomic mass is 16.5. The fourth-order valence-corrected chi connectivity index (χ4v) is 1.84. The summed E-state index contributed by atoms with van der Waals surface area (Å²) in [5, 5.41) is 0. The van der Waals surface area contributed by atoms with Crippen molar-refractivity contribution in [3.8, 4) is 0 Å². The van der Waals surface area contributed by atoms with Crippen molar-refractivity contribution in [1.29, 1.82) is 0 Å². The Morgan fingerprint density at radius 3 is 2.69 bits per heavy atom. The summed E-state index contributed by atoms with van der Waals surface area (Å²) in [6.45, 7) is 1.87. The third-order valence-corrected chi connectivity index (χ3v) is 2.66. The minimum Gasteiger partial charge on any atom is -0.500 e. The Morgan fingerprint density at radius 2 is 2.19 bits per heavy atom.